The summed E-state index contributed by atoms with van der Waals surface area (Å²) in [4.78, 5) is 13.2. The molecule has 0 aliphatic carbocycles. The van der Waals surface area contributed by atoms with E-state index in [2.05, 4.69) is 6.58 Å². The van der Waals surface area contributed by atoms with Gasteiger partial charge in [-0.2, -0.15) is 5.26 Å². The van der Waals surface area contributed by atoms with Crippen molar-refractivity contribution in [2.24, 2.45) is 5.92 Å². The average molecular weight is 194 g/mol. The third kappa shape index (κ3) is 4.08. The van der Waals surface area contributed by atoms with Crippen LogP contribution in [-0.4, -0.2) is 24.4 Å². The fourth-order valence-electron chi connectivity index (χ4n) is 1.28. The zero-order chi connectivity index (χ0) is 11.1. The molecule has 3 heteroatoms. The van der Waals surface area contributed by atoms with Crippen molar-refractivity contribution in [3.63, 3.8) is 0 Å². The van der Waals surface area contributed by atoms with E-state index in [1.807, 2.05) is 19.9 Å². The van der Waals surface area contributed by atoms with Gasteiger partial charge in [0, 0.05) is 13.6 Å². The first-order chi connectivity index (χ1) is 6.52. The summed E-state index contributed by atoms with van der Waals surface area (Å²) in [5.41, 5.74) is 0.925. The predicted octanol–water partition coefficient (Wildman–Crippen LogP) is 1.96. The van der Waals surface area contributed by atoms with Gasteiger partial charge in [0.1, 0.15) is 5.92 Å². The first-order valence-electron chi connectivity index (χ1n) is 4.81. The number of hydrogen-bond donors (Lipinski definition) is 0. The molecule has 78 valence electrons. The summed E-state index contributed by atoms with van der Waals surface area (Å²) in [6.45, 7) is 8.10. The Morgan fingerprint density at radius 2 is 2.21 bits per heavy atom. The van der Waals surface area contributed by atoms with Crippen LogP contribution in [0.4, 0.5) is 0 Å². The zero-order valence-electron chi connectivity index (χ0n) is 9.21. The maximum atomic E-state index is 11.7. The molecule has 3 nitrogen and oxygen atoms in total. The summed E-state index contributed by atoms with van der Waals surface area (Å²) < 4.78 is 0. The highest BCUT2D eigenvalue weighted by Crippen LogP contribution is 2.09. The Balaban J connectivity index is 4.28. The number of amides is 1. The van der Waals surface area contributed by atoms with Crippen LogP contribution in [0.15, 0.2) is 12.2 Å². The molecular formula is C11H18N2O. The van der Waals surface area contributed by atoms with Crippen molar-refractivity contribution >= 4 is 5.91 Å². The highest BCUT2D eigenvalue weighted by Gasteiger charge is 2.20. The fraction of sp³-hybridized carbons (Fsp3) is 0.636. The molecule has 0 aromatic carbocycles. The molecule has 14 heavy (non-hydrogen) atoms. The van der Waals surface area contributed by atoms with E-state index in [-0.39, 0.29) is 5.91 Å². The molecule has 0 aliphatic rings. The van der Waals surface area contributed by atoms with Crippen LogP contribution < -0.4 is 0 Å². The Bertz CT molecular complexity index is 253. The van der Waals surface area contributed by atoms with Crippen molar-refractivity contribution in [1.82, 2.24) is 4.90 Å². The zero-order valence-corrected chi connectivity index (χ0v) is 9.21. The van der Waals surface area contributed by atoms with E-state index >= 15 is 0 Å². The molecular weight excluding hydrogens is 176 g/mol. The fourth-order valence-corrected chi connectivity index (χ4v) is 1.28. The van der Waals surface area contributed by atoms with Crippen LogP contribution in [0.25, 0.3) is 0 Å². The molecule has 1 unspecified atom stereocenters. The van der Waals surface area contributed by atoms with Gasteiger partial charge in [-0.25, -0.2) is 0 Å². The summed E-state index contributed by atoms with van der Waals surface area (Å²) in [7, 11) is 1.71. The Morgan fingerprint density at radius 3 is 2.57 bits per heavy atom. The number of carbonyl (C=O) groups is 1. The van der Waals surface area contributed by atoms with Gasteiger partial charge in [0.2, 0.25) is 5.91 Å². The Kier molecular flexibility index (Phi) is 5.62. The third-order valence-corrected chi connectivity index (χ3v) is 1.91. The number of carbonyl (C=O) groups excluding carboxylic acids is 1. The number of nitrogens with zero attached hydrogens (tertiary/aromatic N) is 2. The summed E-state index contributed by atoms with van der Waals surface area (Å²) >= 11 is 0. The number of nitriles is 1. The molecule has 0 spiro atoms. The largest absolute Gasteiger partial charge is 0.341 e. The van der Waals surface area contributed by atoms with Crippen molar-refractivity contribution in [2.45, 2.75) is 26.7 Å². The van der Waals surface area contributed by atoms with Gasteiger partial charge >= 0.3 is 0 Å². The summed E-state index contributed by atoms with van der Waals surface area (Å²) in [6.07, 6.45) is 1.49. The van der Waals surface area contributed by atoms with Crippen molar-refractivity contribution in [1.29, 1.82) is 5.26 Å². The van der Waals surface area contributed by atoms with Gasteiger partial charge in [0.15, 0.2) is 0 Å². The van der Waals surface area contributed by atoms with E-state index in [1.165, 1.54) is 0 Å². The molecule has 0 aromatic rings. The molecule has 0 rings (SSSR count). The van der Waals surface area contributed by atoms with Crippen LogP contribution in [0, 0.1) is 17.2 Å². The van der Waals surface area contributed by atoms with Gasteiger partial charge < -0.3 is 4.90 Å². The molecule has 1 amide bonds. The second-order valence-corrected chi connectivity index (χ2v) is 3.62. The summed E-state index contributed by atoms with van der Waals surface area (Å²) in [6, 6.07) is 2.04. The maximum absolute atomic E-state index is 11.7. The highest BCUT2D eigenvalue weighted by atomic mass is 16.2. The predicted molar refractivity (Wildman–Crippen MR) is 56.5 cm³/mol. The number of hydrogen-bond acceptors (Lipinski definition) is 2. The molecule has 0 fully saturated rings. The van der Waals surface area contributed by atoms with Crippen LogP contribution in [0.3, 0.4) is 0 Å². The van der Waals surface area contributed by atoms with Crippen LogP contribution in [0.5, 0.6) is 0 Å². The van der Waals surface area contributed by atoms with Crippen LogP contribution in [0.2, 0.25) is 0 Å². The lowest BCUT2D eigenvalue weighted by molar-refractivity contribution is -0.132. The Morgan fingerprint density at radius 1 is 1.64 bits per heavy atom. The minimum absolute atomic E-state index is 0.0997. The normalized spacial score (nSPS) is 11.6. The summed E-state index contributed by atoms with van der Waals surface area (Å²) in [5, 5.41) is 8.79. The van der Waals surface area contributed by atoms with E-state index in [4.69, 9.17) is 5.26 Å². The molecule has 0 bridgehead atoms. The molecule has 0 heterocycles. The van der Waals surface area contributed by atoms with Gasteiger partial charge in [-0.05, 0) is 13.3 Å². The monoisotopic (exact) mass is 194 g/mol. The Labute approximate surface area is 86.0 Å². The second-order valence-electron chi connectivity index (χ2n) is 3.62. The lowest BCUT2D eigenvalue weighted by atomic mass is 10.0. The van der Waals surface area contributed by atoms with Gasteiger partial charge in [0.25, 0.3) is 0 Å². The smallest absolute Gasteiger partial charge is 0.239 e. The van der Waals surface area contributed by atoms with E-state index in [0.29, 0.717) is 13.0 Å². The highest BCUT2D eigenvalue weighted by molar-refractivity contribution is 5.81. The second kappa shape index (κ2) is 6.20. The SMILES string of the molecule is C=C(C)CN(C)C(=O)C(C#N)CCC. The van der Waals surface area contributed by atoms with E-state index in [9.17, 15) is 4.79 Å². The first kappa shape index (κ1) is 12.7. The van der Waals surface area contributed by atoms with Gasteiger partial charge in [-0.1, -0.05) is 25.5 Å². The molecule has 0 saturated heterocycles. The Hall–Kier alpha value is -1.30. The van der Waals surface area contributed by atoms with Gasteiger partial charge in [-0.15, -0.1) is 0 Å². The van der Waals surface area contributed by atoms with E-state index in [0.717, 1.165) is 12.0 Å². The minimum Gasteiger partial charge on any atom is -0.341 e. The molecule has 0 radical (unpaired) electrons. The van der Waals surface area contributed by atoms with Crippen molar-refractivity contribution in [3.8, 4) is 6.07 Å². The molecule has 0 aromatic heterocycles. The van der Waals surface area contributed by atoms with Crippen molar-refractivity contribution < 1.29 is 4.79 Å². The summed E-state index contributed by atoms with van der Waals surface area (Å²) in [5.74, 6) is -0.596. The van der Waals surface area contributed by atoms with E-state index < -0.39 is 5.92 Å². The third-order valence-electron chi connectivity index (χ3n) is 1.91. The number of rotatable bonds is 5. The maximum Gasteiger partial charge on any atom is 0.239 e. The first-order valence-corrected chi connectivity index (χ1v) is 4.81. The lowest BCUT2D eigenvalue weighted by Gasteiger charge is -2.19. The molecule has 0 aliphatic heterocycles. The topological polar surface area (TPSA) is 44.1 Å². The van der Waals surface area contributed by atoms with Gasteiger partial charge in [0.05, 0.1) is 6.07 Å². The number of likely N-dealkylation sites (N-methyl/N-ethyl adjacent to an activating group) is 1. The van der Waals surface area contributed by atoms with Crippen LogP contribution >= 0.6 is 0 Å². The average Bonchev–Trinajstić information content (AvgIpc) is 2.12. The van der Waals surface area contributed by atoms with Crippen molar-refractivity contribution in [2.75, 3.05) is 13.6 Å². The molecule has 0 saturated carbocycles. The molecule has 1 atom stereocenters. The quantitative estimate of drug-likeness (QED) is 0.628. The standard InChI is InChI=1S/C11H18N2O/c1-5-6-10(7-12)11(14)13(4)8-9(2)3/h10H,2,5-6,8H2,1,3-4H3. The van der Waals surface area contributed by atoms with Gasteiger partial charge in [-0.3, -0.25) is 4.79 Å². The van der Waals surface area contributed by atoms with Crippen molar-refractivity contribution in [3.05, 3.63) is 12.2 Å². The van der Waals surface area contributed by atoms with Crippen LogP contribution in [0.1, 0.15) is 26.7 Å². The van der Waals surface area contributed by atoms with E-state index in [1.54, 1.807) is 11.9 Å². The molecule has 0 N–H and O–H groups in total. The van der Waals surface area contributed by atoms with Crippen LogP contribution in [-0.2, 0) is 4.79 Å². The minimum atomic E-state index is -0.496. The lowest BCUT2D eigenvalue weighted by Crippen LogP contribution is -2.33.